The average molecular weight is 275 g/mol. The second-order valence-corrected chi connectivity index (χ2v) is 5.22. The summed E-state index contributed by atoms with van der Waals surface area (Å²) in [7, 11) is 0. The fourth-order valence-corrected chi connectivity index (χ4v) is 2.97. The third-order valence-electron chi connectivity index (χ3n) is 3.05. The molecule has 2 amide bonds. The zero-order valence-corrected chi connectivity index (χ0v) is 11.0. The number of rotatable bonds is 2. The SMILES string of the molecule is O=C1CN(C(=O)c2sccc2-n2cccc2)CCN1. The zero-order chi connectivity index (χ0) is 13.2. The van der Waals surface area contributed by atoms with Crippen LogP contribution in [-0.2, 0) is 4.79 Å². The molecular weight excluding hydrogens is 262 g/mol. The maximum Gasteiger partial charge on any atom is 0.266 e. The highest BCUT2D eigenvalue weighted by molar-refractivity contribution is 7.12. The van der Waals surface area contributed by atoms with E-state index in [2.05, 4.69) is 5.32 Å². The molecule has 1 aliphatic rings. The number of thiophene rings is 1. The molecule has 0 radical (unpaired) electrons. The van der Waals surface area contributed by atoms with E-state index in [1.54, 1.807) is 4.90 Å². The molecule has 1 saturated heterocycles. The first-order valence-electron chi connectivity index (χ1n) is 6.02. The minimum absolute atomic E-state index is 0.0754. The normalized spacial score (nSPS) is 15.4. The molecule has 0 spiro atoms. The van der Waals surface area contributed by atoms with Crippen molar-refractivity contribution in [2.24, 2.45) is 0 Å². The van der Waals surface area contributed by atoms with Gasteiger partial charge in [-0.3, -0.25) is 9.59 Å². The van der Waals surface area contributed by atoms with E-state index in [0.717, 1.165) is 5.69 Å². The fraction of sp³-hybridized carbons (Fsp3) is 0.231. The molecule has 0 aromatic carbocycles. The van der Waals surface area contributed by atoms with Crippen LogP contribution in [-0.4, -0.2) is 40.9 Å². The van der Waals surface area contributed by atoms with Gasteiger partial charge in [-0.05, 0) is 23.6 Å². The highest BCUT2D eigenvalue weighted by Gasteiger charge is 2.25. The summed E-state index contributed by atoms with van der Waals surface area (Å²) >= 11 is 1.41. The summed E-state index contributed by atoms with van der Waals surface area (Å²) in [4.78, 5) is 26.1. The predicted molar refractivity (Wildman–Crippen MR) is 72.6 cm³/mol. The third kappa shape index (κ3) is 2.26. The van der Waals surface area contributed by atoms with Crippen LogP contribution in [0.2, 0.25) is 0 Å². The maximum absolute atomic E-state index is 12.5. The van der Waals surface area contributed by atoms with Crippen LogP contribution >= 0.6 is 11.3 Å². The van der Waals surface area contributed by atoms with Gasteiger partial charge < -0.3 is 14.8 Å². The molecule has 2 aromatic heterocycles. The Morgan fingerprint density at radius 1 is 1.32 bits per heavy atom. The molecule has 6 heteroatoms. The number of nitrogens with zero attached hydrogens (tertiary/aromatic N) is 2. The van der Waals surface area contributed by atoms with E-state index in [9.17, 15) is 9.59 Å². The topological polar surface area (TPSA) is 54.3 Å². The van der Waals surface area contributed by atoms with Crippen molar-refractivity contribution in [2.45, 2.75) is 0 Å². The third-order valence-corrected chi connectivity index (χ3v) is 3.94. The number of amides is 2. The van der Waals surface area contributed by atoms with Crippen molar-refractivity contribution < 1.29 is 9.59 Å². The standard InChI is InChI=1S/C13H13N3O2S/c17-11-9-16(7-4-14-11)13(18)12-10(3-8-19-12)15-5-1-2-6-15/h1-3,5-6,8H,4,7,9H2,(H,14,17). The Morgan fingerprint density at radius 2 is 2.11 bits per heavy atom. The first-order valence-corrected chi connectivity index (χ1v) is 6.90. The highest BCUT2D eigenvalue weighted by Crippen LogP contribution is 2.23. The summed E-state index contributed by atoms with van der Waals surface area (Å²) < 4.78 is 1.91. The van der Waals surface area contributed by atoms with Crippen LogP contribution in [0.3, 0.4) is 0 Å². The van der Waals surface area contributed by atoms with Gasteiger partial charge in [0.15, 0.2) is 0 Å². The lowest BCUT2D eigenvalue weighted by Gasteiger charge is -2.26. The molecule has 2 aromatic rings. The van der Waals surface area contributed by atoms with E-state index >= 15 is 0 Å². The molecule has 5 nitrogen and oxygen atoms in total. The van der Waals surface area contributed by atoms with Gasteiger partial charge in [-0.25, -0.2) is 0 Å². The molecule has 0 atom stereocenters. The lowest BCUT2D eigenvalue weighted by Crippen LogP contribution is -2.49. The number of hydrogen-bond acceptors (Lipinski definition) is 3. The van der Waals surface area contributed by atoms with Crippen LogP contribution in [0.15, 0.2) is 36.0 Å². The Kier molecular flexibility index (Phi) is 3.08. The Labute approximate surface area is 114 Å². The van der Waals surface area contributed by atoms with E-state index in [-0.39, 0.29) is 18.4 Å². The van der Waals surface area contributed by atoms with Crippen molar-refractivity contribution in [1.82, 2.24) is 14.8 Å². The lowest BCUT2D eigenvalue weighted by atomic mass is 10.3. The molecule has 0 aliphatic carbocycles. The summed E-state index contributed by atoms with van der Waals surface area (Å²) in [6, 6.07) is 5.75. The molecule has 0 unspecified atom stereocenters. The number of hydrogen-bond donors (Lipinski definition) is 1. The van der Waals surface area contributed by atoms with Gasteiger partial charge in [0.1, 0.15) is 4.88 Å². The molecule has 98 valence electrons. The van der Waals surface area contributed by atoms with Crippen LogP contribution in [0.4, 0.5) is 0 Å². The van der Waals surface area contributed by atoms with E-state index in [4.69, 9.17) is 0 Å². The molecule has 1 N–H and O–H groups in total. The molecule has 0 saturated carbocycles. The van der Waals surface area contributed by atoms with Gasteiger partial charge >= 0.3 is 0 Å². The van der Waals surface area contributed by atoms with Crippen molar-refractivity contribution in [3.63, 3.8) is 0 Å². The van der Waals surface area contributed by atoms with E-state index in [1.165, 1.54) is 11.3 Å². The zero-order valence-electron chi connectivity index (χ0n) is 10.2. The van der Waals surface area contributed by atoms with Crippen molar-refractivity contribution in [3.05, 3.63) is 40.8 Å². The lowest BCUT2D eigenvalue weighted by molar-refractivity contribution is -0.123. The monoisotopic (exact) mass is 275 g/mol. The molecule has 1 aliphatic heterocycles. The van der Waals surface area contributed by atoms with Crippen LogP contribution in [0.25, 0.3) is 5.69 Å². The number of nitrogens with one attached hydrogen (secondary N) is 1. The van der Waals surface area contributed by atoms with Crippen molar-refractivity contribution in [2.75, 3.05) is 19.6 Å². The number of aromatic nitrogens is 1. The second-order valence-electron chi connectivity index (χ2n) is 4.30. The van der Waals surface area contributed by atoms with Crippen molar-refractivity contribution in [1.29, 1.82) is 0 Å². The van der Waals surface area contributed by atoms with Gasteiger partial charge in [-0.1, -0.05) is 0 Å². The minimum atomic E-state index is -0.0985. The number of carbonyl (C=O) groups excluding carboxylic acids is 2. The Morgan fingerprint density at radius 3 is 2.84 bits per heavy atom. The predicted octanol–water partition coefficient (Wildman–Crippen LogP) is 1.11. The van der Waals surface area contributed by atoms with Gasteiger partial charge in [0.2, 0.25) is 5.91 Å². The highest BCUT2D eigenvalue weighted by atomic mass is 32.1. The first kappa shape index (κ1) is 12.0. The van der Waals surface area contributed by atoms with Crippen molar-refractivity contribution in [3.8, 4) is 5.69 Å². The van der Waals surface area contributed by atoms with Crippen LogP contribution < -0.4 is 5.32 Å². The molecular formula is C13H13N3O2S. The summed E-state index contributed by atoms with van der Waals surface area (Å²) in [5.74, 6) is -0.174. The van der Waals surface area contributed by atoms with Gasteiger partial charge in [0, 0.05) is 25.5 Å². The van der Waals surface area contributed by atoms with E-state index in [1.807, 2.05) is 40.5 Å². The van der Waals surface area contributed by atoms with Gasteiger partial charge in [-0.2, -0.15) is 0 Å². The Hall–Kier alpha value is -2.08. The smallest absolute Gasteiger partial charge is 0.266 e. The van der Waals surface area contributed by atoms with E-state index in [0.29, 0.717) is 18.0 Å². The number of piperazine rings is 1. The molecule has 19 heavy (non-hydrogen) atoms. The largest absolute Gasteiger partial charge is 0.353 e. The van der Waals surface area contributed by atoms with Gasteiger partial charge in [-0.15, -0.1) is 11.3 Å². The number of carbonyl (C=O) groups is 2. The summed E-state index contributed by atoms with van der Waals surface area (Å²) in [6.45, 7) is 1.23. The first-order chi connectivity index (χ1) is 9.25. The Balaban J connectivity index is 1.88. The van der Waals surface area contributed by atoms with Crippen LogP contribution in [0.1, 0.15) is 9.67 Å². The maximum atomic E-state index is 12.5. The molecule has 3 heterocycles. The fourth-order valence-electron chi connectivity index (χ4n) is 2.12. The molecule has 3 rings (SSSR count). The van der Waals surface area contributed by atoms with Crippen molar-refractivity contribution >= 4 is 23.2 Å². The quantitative estimate of drug-likeness (QED) is 0.892. The average Bonchev–Trinajstić information content (AvgIpc) is 3.08. The summed E-state index contributed by atoms with van der Waals surface area (Å²) in [5.41, 5.74) is 0.867. The van der Waals surface area contributed by atoms with Gasteiger partial charge in [0.05, 0.1) is 12.2 Å². The molecule has 1 fully saturated rings. The molecule has 0 bridgehead atoms. The second kappa shape index (κ2) is 4.89. The Bertz CT molecular complexity index is 603. The minimum Gasteiger partial charge on any atom is -0.353 e. The summed E-state index contributed by atoms with van der Waals surface area (Å²) in [5, 5.41) is 4.62. The van der Waals surface area contributed by atoms with E-state index < -0.39 is 0 Å². The van der Waals surface area contributed by atoms with Gasteiger partial charge in [0.25, 0.3) is 5.91 Å². The summed E-state index contributed by atoms with van der Waals surface area (Å²) in [6.07, 6.45) is 3.81. The van der Waals surface area contributed by atoms with Crippen LogP contribution in [0.5, 0.6) is 0 Å². The van der Waals surface area contributed by atoms with Crippen LogP contribution in [0, 0.1) is 0 Å².